The number of hydrogen-bond acceptors (Lipinski definition) is 3. The van der Waals surface area contributed by atoms with E-state index < -0.39 is 0 Å². The smallest absolute Gasteiger partial charge is 0.0791 e. The first-order valence-corrected chi connectivity index (χ1v) is 8.84. The highest BCUT2D eigenvalue weighted by atomic mass is 16.7. The zero-order valence-corrected chi connectivity index (χ0v) is 15.3. The molecule has 0 aliphatic carbocycles. The van der Waals surface area contributed by atoms with Crippen molar-refractivity contribution in [1.82, 2.24) is 5.06 Å². The van der Waals surface area contributed by atoms with Crippen LogP contribution in [0.25, 0.3) is 0 Å². The molecule has 1 fully saturated rings. The molecule has 0 amide bonds. The maximum atomic E-state index is 6.50. The second-order valence-electron chi connectivity index (χ2n) is 7.53. The van der Waals surface area contributed by atoms with Crippen LogP contribution in [0, 0.1) is 5.92 Å². The molecular formula is C18H37NO2. The summed E-state index contributed by atoms with van der Waals surface area (Å²) in [7, 11) is 1.84. The first-order chi connectivity index (χ1) is 9.85. The molecule has 0 aromatic rings. The lowest BCUT2D eigenvalue weighted by atomic mass is 9.82. The van der Waals surface area contributed by atoms with E-state index in [9.17, 15) is 0 Å². The van der Waals surface area contributed by atoms with Gasteiger partial charge in [-0.05, 0) is 45.4 Å². The van der Waals surface area contributed by atoms with Gasteiger partial charge in [-0.15, -0.1) is 0 Å². The Hall–Kier alpha value is -0.120. The topological polar surface area (TPSA) is 21.7 Å². The summed E-state index contributed by atoms with van der Waals surface area (Å²) >= 11 is 0. The molecule has 3 unspecified atom stereocenters. The highest BCUT2D eigenvalue weighted by molar-refractivity contribution is 4.93. The molecule has 0 aromatic heterocycles. The van der Waals surface area contributed by atoms with Gasteiger partial charge in [0.1, 0.15) is 0 Å². The molecule has 21 heavy (non-hydrogen) atoms. The number of rotatable bonds is 8. The first kappa shape index (κ1) is 18.9. The van der Waals surface area contributed by atoms with Crippen LogP contribution >= 0.6 is 0 Å². The fourth-order valence-corrected chi connectivity index (χ4v) is 3.41. The molecule has 0 aromatic carbocycles. The standard InChI is InChI=1S/C18H37NO2/c1-8-10-11-15(9-2)21-19-17(14(3)4)12-16(20-7)13-18(19,5)6/h14-17H,8-13H2,1-7H3. The molecule has 3 atom stereocenters. The molecule has 0 spiro atoms. The van der Waals surface area contributed by atoms with Crippen molar-refractivity contribution in [3.8, 4) is 0 Å². The van der Waals surface area contributed by atoms with Gasteiger partial charge in [0.25, 0.3) is 0 Å². The lowest BCUT2D eigenvalue weighted by Crippen LogP contribution is -2.59. The lowest BCUT2D eigenvalue weighted by molar-refractivity contribution is -0.299. The Labute approximate surface area is 132 Å². The van der Waals surface area contributed by atoms with Crippen LogP contribution in [0.15, 0.2) is 0 Å². The van der Waals surface area contributed by atoms with Crippen LogP contribution in [0.5, 0.6) is 0 Å². The Morgan fingerprint density at radius 3 is 2.38 bits per heavy atom. The maximum absolute atomic E-state index is 6.50. The van der Waals surface area contributed by atoms with E-state index in [4.69, 9.17) is 9.57 Å². The minimum absolute atomic E-state index is 0.0352. The summed E-state index contributed by atoms with van der Waals surface area (Å²) < 4.78 is 5.67. The zero-order valence-electron chi connectivity index (χ0n) is 15.3. The van der Waals surface area contributed by atoms with Gasteiger partial charge in [0, 0.05) is 18.7 Å². The molecule has 1 heterocycles. The molecule has 0 bridgehead atoms. The van der Waals surface area contributed by atoms with E-state index in [1.165, 1.54) is 12.8 Å². The summed E-state index contributed by atoms with van der Waals surface area (Å²) in [6.45, 7) is 13.7. The molecule has 0 saturated carbocycles. The van der Waals surface area contributed by atoms with Crippen molar-refractivity contribution in [3.63, 3.8) is 0 Å². The Bertz CT molecular complexity index is 291. The van der Waals surface area contributed by atoms with E-state index in [0.29, 0.717) is 24.2 Å². The SMILES string of the molecule is CCCCC(CC)ON1C(C(C)C)CC(OC)CC1(C)C. The van der Waals surface area contributed by atoms with Crippen molar-refractivity contribution in [2.24, 2.45) is 5.92 Å². The second kappa shape index (κ2) is 8.50. The summed E-state index contributed by atoms with van der Waals surface area (Å²) in [5.41, 5.74) is 0.0352. The van der Waals surface area contributed by atoms with Gasteiger partial charge in [-0.2, -0.15) is 5.06 Å². The van der Waals surface area contributed by atoms with E-state index in [-0.39, 0.29) is 5.54 Å². The van der Waals surface area contributed by atoms with Crippen LogP contribution in [0.2, 0.25) is 0 Å². The monoisotopic (exact) mass is 299 g/mol. The van der Waals surface area contributed by atoms with Crippen molar-refractivity contribution >= 4 is 0 Å². The number of hydroxylamine groups is 2. The summed E-state index contributed by atoms with van der Waals surface area (Å²) in [5.74, 6) is 0.575. The molecule has 0 radical (unpaired) electrons. The summed E-state index contributed by atoms with van der Waals surface area (Å²) in [5, 5.41) is 2.32. The molecule has 1 rings (SSSR count). The molecule has 0 N–H and O–H groups in total. The summed E-state index contributed by atoms with van der Waals surface area (Å²) in [4.78, 5) is 6.50. The van der Waals surface area contributed by atoms with E-state index in [1.54, 1.807) is 0 Å². The van der Waals surface area contributed by atoms with Gasteiger partial charge in [-0.1, -0.05) is 40.5 Å². The van der Waals surface area contributed by atoms with Gasteiger partial charge in [0.05, 0.1) is 12.2 Å². The summed E-state index contributed by atoms with van der Waals surface area (Å²) in [6, 6.07) is 0.439. The van der Waals surface area contributed by atoms with Gasteiger partial charge < -0.3 is 4.74 Å². The number of nitrogens with zero attached hydrogens (tertiary/aromatic N) is 1. The van der Waals surface area contributed by atoms with Crippen molar-refractivity contribution in [1.29, 1.82) is 0 Å². The number of piperidine rings is 1. The Kier molecular flexibility index (Phi) is 7.66. The molecule has 1 saturated heterocycles. The highest BCUT2D eigenvalue weighted by Crippen LogP contribution is 2.37. The van der Waals surface area contributed by atoms with E-state index in [2.05, 4.69) is 46.6 Å². The molecule has 3 nitrogen and oxygen atoms in total. The summed E-state index contributed by atoms with van der Waals surface area (Å²) in [6.07, 6.45) is 7.55. The quantitative estimate of drug-likeness (QED) is 0.642. The normalized spacial score (nSPS) is 28.0. The predicted molar refractivity (Wildman–Crippen MR) is 89.3 cm³/mol. The van der Waals surface area contributed by atoms with Gasteiger partial charge in [-0.25, -0.2) is 0 Å². The van der Waals surface area contributed by atoms with Crippen molar-refractivity contribution in [2.45, 2.75) is 104 Å². The van der Waals surface area contributed by atoms with Crippen molar-refractivity contribution < 1.29 is 9.57 Å². The third kappa shape index (κ3) is 5.22. The highest BCUT2D eigenvalue weighted by Gasteiger charge is 2.43. The Morgan fingerprint density at radius 1 is 1.24 bits per heavy atom. The fourth-order valence-electron chi connectivity index (χ4n) is 3.41. The maximum Gasteiger partial charge on any atom is 0.0791 e. The second-order valence-corrected chi connectivity index (χ2v) is 7.53. The van der Waals surface area contributed by atoms with Crippen LogP contribution in [0.3, 0.4) is 0 Å². The van der Waals surface area contributed by atoms with Crippen LogP contribution < -0.4 is 0 Å². The zero-order chi connectivity index (χ0) is 16.0. The number of unbranched alkanes of at least 4 members (excludes halogenated alkanes) is 1. The lowest BCUT2D eigenvalue weighted by Gasteiger charge is -2.51. The molecule has 1 aliphatic rings. The van der Waals surface area contributed by atoms with E-state index in [1.807, 2.05) is 7.11 Å². The molecule has 1 aliphatic heterocycles. The third-order valence-corrected chi connectivity index (χ3v) is 4.83. The Balaban J connectivity index is 2.82. The minimum atomic E-state index is 0.0352. The van der Waals surface area contributed by atoms with Crippen LogP contribution in [-0.4, -0.2) is 36.0 Å². The largest absolute Gasteiger partial charge is 0.381 e. The molecule has 3 heteroatoms. The van der Waals surface area contributed by atoms with Crippen LogP contribution in [-0.2, 0) is 9.57 Å². The van der Waals surface area contributed by atoms with E-state index >= 15 is 0 Å². The predicted octanol–water partition coefficient (Wildman–Crippen LogP) is 4.80. The van der Waals surface area contributed by atoms with Gasteiger partial charge in [-0.3, -0.25) is 4.84 Å². The average Bonchev–Trinajstić information content (AvgIpc) is 2.43. The van der Waals surface area contributed by atoms with Crippen molar-refractivity contribution in [2.75, 3.05) is 7.11 Å². The van der Waals surface area contributed by atoms with E-state index in [0.717, 1.165) is 25.7 Å². The van der Waals surface area contributed by atoms with Crippen LogP contribution in [0.1, 0.15) is 80.1 Å². The minimum Gasteiger partial charge on any atom is -0.381 e. The molecular weight excluding hydrogens is 262 g/mol. The van der Waals surface area contributed by atoms with Gasteiger partial charge in [0.15, 0.2) is 0 Å². The third-order valence-electron chi connectivity index (χ3n) is 4.83. The van der Waals surface area contributed by atoms with Gasteiger partial charge in [0.2, 0.25) is 0 Å². The number of methoxy groups -OCH3 is 1. The van der Waals surface area contributed by atoms with Gasteiger partial charge >= 0.3 is 0 Å². The Morgan fingerprint density at radius 2 is 1.90 bits per heavy atom. The van der Waals surface area contributed by atoms with Crippen LogP contribution in [0.4, 0.5) is 0 Å². The average molecular weight is 299 g/mol. The first-order valence-electron chi connectivity index (χ1n) is 8.84. The number of hydrogen-bond donors (Lipinski definition) is 0. The van der Waals surface area contributed by atoms with Crippen molar-refractivity contribution in [3.05, 3.63) is 0 Å². The number of ether oxygens (including phenoxy) is 1. The fraction of sp³-hybridized carbons (Fsp3) is 1.00. The molecule has 126 valence electrons.